The van der Waals surface area contributed by atoms with Crippen LogP contribution in [0.1, 0.15) is 25.7 Å². The molecule has 0 unspecified atom stereocenters. The first-order valence-corrected chi connectivity index (χ1v) is 6.09. The second-order valence-corrected chi connectivity index (χ2v) is 4.06. The monoisotopic (exact) mass is 234 g/mol. The topological polar surface area (TPSA) is 58.3 Å². The van der Waals surface area contributed by atoms with Gasteiger partial charge in [0.15, 0.2) is 0 Å². The van der Waals surface area contributed by atoms with Crippen LogP contribution in [0, 0.1) is 0 Å². The zero-order chi connectivity index (χ0) is 11.9. The minimum atomic E-state index is 0.295. The van der Waals surface area contributed by atoms with Crippen LogP contribution in [0.5, 0.6) is 0 Å². The van der Waals surface area contributed by atoms with Crippen molar-refractivity contribution in [2.45, 2.75) is 25.7 Å². The van der Waals surface area contributed by atoms with E-state index in [9.17, 15) is 0 Å². The van der Waals surface area contributed by atoms with E-state index in [0.29, 0.717) is 6.61 Å². The van der Waals surface area contributed by atoms with Gasteiger partial charge in [0.2, 0.25) is 0 Å². The van der Waals surface area contributed by atoms with Crippen LogP contribution in [0.2, 0.25) is 0 Å². The van der Waals surface area contributed by atoms with Crippen LogP contribution in [-0.2, 0) is 0 Å². The van der Waals surface area contributed by atoms with Gasteiger partial charge in [-0.2, -0.15) is 0 Å². The number of hydrogen-bond donors (Lipinski definition) is 2. The van der Waals surface area contributed by atoms with Crippen molar-refractivity contribution < 1.29 is 9.52 Å². The number of nitrogens with zero attached hydrogens (tertiary/aromatic N) is 1. The molecule has 0 aromatic carbocycles. The molecule has 2 N–H and O–H groups in total. The molecule has 0 radical (unpaired) electrons. The molecule has 0 spiro atoms. The summed E-state index contributed by atoms with van der Waals surface area (Å²) in [5, 5.41) is 13.0. The Morgan fingerprint density at radius 1 is 1.18 bits per heavy atom. The molecule has 0 amide bonds. The number of anilines is 1. The van der Waals surface area contributed by atoms with E-state index in [1.807, 2.05) is 12.1 Å². The Labute approximate surface area is 101 Å². The number of aliphatic hydroxyl groups is 1. The second-order valence-electron chi connectivity index (χ2n) is 4.06. The average molecular weight is 234 g/mol. The quantitative estimate of drug-likeness (QED) is 0.723. The number of pyridine rings is 1. The molecule has 4 nitrogen and oxygen atoms in total. The van der Waals surface area contributed by atoms with Crippen molar-refractivity contribution in [3.05, 3.63) is 24.6 Å². The molecule has 2 aromatic heterocycles. The van der Waals surface area contributed by atoms with E-state index in [1.165, 1.54) is 0 Å². The summed E-state index contributed by atoms with van der Waals surface area (Å²) in [7, 11) is 0. The first-order chi connectivity index (χ1) is 8.42. The molecular weight excluding hydrogens is 216 g/mol. The van der Waals surface area contributed by atoms with Gasteiger partial charge in [-0.15, -0.1) is 0 Å². The molecular formula is C13H18N2O2. The van der Waals surface area contributed by atoms with Gasteiger partial charge in [0.05, 0.1) is 11.6 Å². The van der Waals surface area contributed by atoms with Crippen LogP contribution in [0.3, 0.4) is 0 Å². The first kappa shape index (κ1) is 11.9. The fourth-order valence-electron chi connectivity index (χ4n) is 1.83. The fourth-order valence-corrected chi connectivity index (χ4v) is 1.83. The zero-order valence-corrected chi connectivity index (χ0v) is 9.85. The Bertz CT molecular complexity index is 453. The Morgan fingerprint density at radius 2 is 2.06 bits per heavy atom. The second kappa shape index (κ2) is 6.25. The molecule has 0 saturated carbocycles. The number of fused-ring (bicyclic) bond motifs is 1. The van der Waals surface area contributed by atoms with E-state index in [0.717, 1.165) is 49.0 Å². The van der Waals surface area contributed by atoms with Gasteiger partial charge in [-0.3, -0.25) is 0 Å². The summed E-state index contributed by atoms with van der Waals surface area (Å²) in [5.74, 6) is 0.887. The summed E-state index contributed by atoms with van der Waals surface area (Å²) in [6.07, 6.45) is 7.64. The standard InChI is InChI=1S/C13H18N2O2/c16-9-4-2-1-3-7-14-13-11-6-10-17-12(11)5-8-15-13/h5-6,8,10,16H,1-4,7,9H2,(H,14,15). The van der Waals surface area contributed by atoms with Gasteiger partial charge in [0.25, 0.3) is 0 Å². The maximum absolute atomic E-state index is 8.66. The Balaban J connectivity index is 1.80. The molecule has 2 rings (SSSR count). The van der Waals surface area contributed by atoms with E-state index in [1.54, 1.807) is 12.5 Å². The van der Waals surface area contributed by atoms with E-state index in [4.69, 9.17) is 9.52 Å². The molecule has 92 valence electrons. The van der Waals surface area contributed by atoms with Crippen molar-refractivity contribution in [3.63, 3.8) is 0 Å². The summed E-state index contributed by atoms with van der Waals surface area (Å²) in [5.41, 5.74) is 0.864. The third-order valence-corrected chi connectivity index (χ3v) is 2.76. The van der Waals surface area contributed by atoms with Crippen molar-refractivity contribution in [2.24, 2.45) is 0 Å². The van der Waals surface area contributed by atoms with Crippen LogP contribution in [-0.4, -0.2) is 23.2 Å². The summed E-state index contributed by atoms with van der Waals surface area (Å²) >= 11 is 0. The van der Waals surface area contributed by atoms with Gasteiger partial charge in [0, 0.05) is 19.3 Å². The zero-order valence-electron chi connectivity index (χ0n) is 9.85. The van der Waals surface area contributed by atoms with Gasteiger partial charge in [-0.05, 0) is 25.0 Å². The predicted molar refractivity (Wildman–Crippen MR) is 68.1 cm³/mol. The lowest BCUT2D eigenvalue weighted by molar-refractivity contribution is 0.283. The Morgan fingerprint density at radius 3 is 2.94 bits per heavy atom. The molecule has 0 fully saturated rings. The van der Waals surface area contributed by atoms with Crippen molar-refractivity contribution in [3.8, 4) is 0 Å². The number of aromatic nitrogens is 1. The number of rotatable bonds is 7. The minimum absolute atomic E-state index is 0.295. The predicted octanol–water partition coefficient (Wildman–Crippen LogP) is 2.79. The highest BCUT2D eigenvalue weighted by molar-refractivity contribution is 5.87. The Kier molecular flexibility index (Phi) is 4.38. The van der Waals surface area contributed by atoms with Crippen molar-refractivity contribution in [1.29, 1.82) is 0 Å². The largest absolute Gasteiger partial charge is 0.464 e. The normalized spacial score (nSPS) is 10.9. The summed E-state index contributed by atoms with van der Waals surface area (Å²) in [6, 6.07) is 3.79. The number of aliphatic hydroxyl groups excluding tert-OH is 1. The molecule has 17 heavy (non-hydrogen) atoms. The third-order valence-electron chi connectivity index (χ3n) is 2.76. The SMILES string of the molecule is OCCCCCCNc1nccc2occc12. The molecule has 0 atom stereocenters. The van der Waals surface area contributed by atoms with Crippen molar-refractivity contribution in [1.82, 2.24) is 4.98 Å². The highest BCUT2D eigenvalue weighted by atomic mass is 16.3. The van der Waals surface area contributed by atoms with Crippen molar-refractivity contribution in [2.75, 3.05) is 18.5 Å². The van der Waals surface area contributed by atoms with E-state index in [2.05, 4.69) is 10.3 Å². The highest BCUT2D eigenvalue weighted by Crippen LogP contribution is 2.21. The lowest BCUT2D eigenvalue weighted by Crippen LogP contribution is -2.03. The third kappa shape index (κ3) is 3.20. The number of hydrogen-bond acceptors (Lipinski definition) is 4. The van der Waals surface area contributed by atoms with Gasteiger partial charge < -0.3 is 14.8 Å². The molecule has 0 aliphatic heterocycles. The number of nitrogens with one attached hydrogen (secondary N) is 1. The van der Waals surface area contributed by atoms with Gasteiger partial charge in [0.1, 0.15) is 11.4 Å². The average Bonchev–Trinajstić information content (AvgIpc) is 2.82. The smallest absolute Gasteiger partial charge is 0.139 e. The molecule has 0 aliphatic carbocycles. The molecule has 2 heterocycles. The van der Waals surface area contributed by atoms with Crippen molar-refractivity contribution >= 4 is 16.8 Å². The maximum atomic E-state index is 8.66. The van der Waals surface area contributed by atoms with Crippen LogP contribution >= 0.6 is 0 Å². The first-order valence-electron chi connectivity index (χ1n) is 6.09. The van der Waals surface area contributed by atoms with E-state index in [-0.39, 0.29) is 0 Å². The highest BCUT2D eigenvalue weighted by Gasteiger charge is 2.03. The van der Waals surface area contributed by atoms with Crippen LogP contribution in [0.4, 0.5) is 5.82 Å². The number of unbranched alkanes of at least 4 members (excludes halogenated alkanes) is 3. The summed E-state index contributed by atoms with van der Waals surface area (Å²) in [4.78, 5) is 4.30. The van der Waals surface area contributed by atoms with E-state index >= 15 is 0 Å². The van der Waals surface area contributed by atoms with Gasteiger partial charge in [-0.1, -0.05) is 12.8 Å². The fraction of sp³-hybridized carbons (Fsp3) is 0.462. The maximum Gasteiger partial charge on any atom is 0.139 e. The lowest BCUT2D eigenvalue weighted by Gasteiger charge is -2.05. The lowest BCUT2D eigenvalue weighted by atomic mass is 10.2. The Hall–Kier alpha value is -1.55. The molecule has 4 heteroatoms. The molecule has 2 aromatic rings. The van der Waals surface area contributed by atoms with Crippen LogP contribution in [0.25, 0.3) is 11.0 Å². The molecule has 0 bridgehead atoms. The summed E-state index contributed by atoms with van der Waals surface area (Å²) < 4.78 is 5.31. The summed E-state index contributed by atoms with van der Waals surface area (Å²) in [6.45, 7) is 1.20. The van der Waals surface area contributed by atoms with E-state index < -0.39 is 0 Å². The molecule has 0 aliphatic rings. The number of furan rings is 1. The molecule has 0 saturated heterocycles. The van der Waals surface area contributed by atoms with Crippen LogP contribution < -0.4 is 5.32 Å². The van der Waals surface area contributed by atoms with Gasteiger partial charge in [-0.25, -0.2) is 4.98 Å². The van der Waals surface area contributed by atoms with Crippen LogP contribution in [0.15, 0.2) is 29.0 Å². The minimum Gasteiger partial charge on any atom is -0.464 e. The van der Waals surface area contributed by atoms with Gasteiger partial charge >= 0.3 is 0 Å².